The Kier molecular flexibility index (Phi) is 1.78. The topological polar surface area (TPSA) is 50.4 Å². The zero-order valence-corrected chi connectivity index (χ0v) is 8.84. The molecule has 1 aromatic carbocycles. The molecule has 0 aliphatic heterocycles. The second kappa shape index (κ2) is 2.93. The average molecular weight is 222 g/mol. The summed E-state index contributed by atoms with van der Waals surface area (Å²) in [6.07, 6.45) is 2.40. The molecule has 3 nitrogen and oxygen atoms in total. The van der Waals surface area contributed by atoms with Gasteiger partial charge >= 0.3 is 4.94 Å². The van der Waals surface area contributed by atoms with Crippen LogP contribution in [0, 0.1) is 0 Å². The van der Waals surface area contributed by atoms with Crippen LogP contribution in [0.3, 0.4) is 0 Å². The van der Waals surface area contributed by atoms with Crippen molar-refractivity contribution in [3.8, 4) is 0 Å². The largest absolute Gasteiger partial charge is 0.414 e. The number of hydrogen-bond acceptors (Lipinski definition) is 4. The first-order valence-corrected chi connectivity index (χ1v) is 5.71. The van der Waals surface area contributed by atoms with Gasteiger partial charge in [0.1, 0.15) is 5.58 Å². The third kappa shape index (κ3) is 1.70. The molecule has 0 amide bonds. The fraction of sp³-hybridized carbons (Fsp3) is 0.364. The lowest BCUT2D eigenvalue weighted by Gasteiger charge is -2.06. The molecule has 1 fully saturated rings. The van der Waals surface area contributed by atoms with Gasteiger partial charge in [0.2, 0.25) is 0 Å². The zero-order chi connectivity index (χ0) is 10.5. The predicted octanol–water partition coefficient (Wildman–Crippen LogP) is 1.92. The molecule has 0 unspecified atom stereocenters. The Hall–Kier alpha value is -1.13. The van der Waals surface area contributed by atoms with E-state index in [0.29, 0.717) is 12.0 Å². The van der Waals surface area contributed by atoms with Gasteiger partial charge in [-0.25, -0.2) is 4.79 Å². The van der Waals surface area contributed by atoms with E-state index in [0.717, 1.165) is 34.4 Å². The van der Waals surface area contributed by atoms with Crippen LogP contribution >= 0.6 is 11.3 Å². The van der Waals surface area contributed by atoms with E-state index in [9.17, 15) is 9.90 Å². The lowest BCUT2D eigenvalue weighted by molar-refractivity contribution is 0.151. The van der Waals surface area contributed by atoms with Gasteiger partial charge in [-0.15, -0.1) is 0 Å². The van der Waals surface area contributed by atoms with Gasteiger partial charge in [-0.05, 0) is 30.5 Å². The van der Waals surface area contributed by atoms with Crippen LogP contribution in [-0.2, 0) is 6.42 Å². The molecule has 0 bridgehead atoms. The van der Waals surface area contributed by atoms with Gasteiger partial charge in [0.15, 0.2) is 0 Å². The zero-order valence-electron chi connectivity index (χ0n) is 8.03. The van der Waals surface area contributed by atoms with Crippen LogP contribution in [0.1, 0.15) is 18.4 Å². The van der Waals surface area contributed by atoms with Gasteiger partial charge in [0.25, 0.3) is 0 Å². The highest BCUT2D eigenvalue weighted by Gasteiger charge is 2.40. The molecule has 0 atom stereocenters. The fourth-order valence-electron chi connectivity index (χ4n) is 1.73. The molecule has 15 heavy (non-hydrogen) atoms. The second-order valence-corrected chi connectivity index (χ2v) is 5.11. The summed E-state index contributed by atoms with van der Waals surface area (Å²) in [5.41, 5.74) is 1.17. The van der Waals surface area contributed by atoms with E-state index >= 15 is 0 Å². The van der Waals surface area contributed by atoms with Crippen LogP contribution in [-0.4, -0.2) is 10.7 Å². The highest BCUT2D eigenvalue weighted by Crippen LogP contribution is 2.38. The minimum Gasteiger partial charge on any atom is -0.414 e. The summed E-state index contributed by atoms with van der Waals surface area (Å²) in [6, 6.07) is 5.68. The highest BCUT2D eigenvalue weighted by atomic mass is 32.1. The van der Waals surface area contributed by atoms with E-state index in [1.807, 2.05) is 18.2 Å². The Bertz CT molecular complexity index is 562. The summed E-state index contributed by atoms with van der Waals surface area (Å²) >= 11 is 1.11. The van der Waals surface area contributed by atoms with Crippen molar-refractivity contribution in [2.75, 3.05) is 0 Å². The molecule has 1 aliphatic carbocycles. The van der Waals surface area contributed by atoms with Gasteiger partial charge in [0, 0.05) is 6.42 Å². The smallest absolute Gasteiger partial charge is 0.396 e. The molecule has 0 spiro atoms. The second-order valence-electron chi connectivity index (χ2n) is 4.14. The Morgan fingerprint density at radius 3 is 3.00 bits per heavy atom. The maximum atomic E-state index is 11.0. The van der Waals surface area contributed by atoms with Gasteiger partial charge < -0.3 is 9.52 Å². The monoisotopic (exact) mass is 222 g/mol. The first-order chi connectivity index (χ1) is 7.15. The van der Waals surface area contributed by atoms with Crippen LogP contribution in [0.25, 0.3) is 10.3 Å². The molecular weight excluding hydrogens is 212 g/mol. The van der Waals surface area contributed by atoms with Crippen molar-refractivity contribution < 1.29 is 9.52 Å². The van der Waals surface area contributed by atoms with E-state index in [1.165, 1.54) is 0 Å². The number of rotatable bonds is 2. The van der Waals surface area contributed by atoms with E-state index in [2.05, 4.69) is 0 Å². The van der Waals surface area contributed by atoms with Crippen LogP contribution < -0.4 is 4.94 Å². The van der Waals surface area contributed by atoms with Crippen LogP contribution in [0.2, 0.25) is 0 Å². The van der Waals surface area contributed by atoms with Crippen molar-refractivity contribution in [2.45, 2.75) is 24.9 Å². The quantitative estimate of drug-likeness (QED) is 0.844. The summed E-state index contributed by atoms with van der Waals surface area (Å²) < 4.78 is 5.89. The summed E-state index contributed by atoms with van der Waals surface area (Å²) in [5, 5.41) is 9.77. The van der Waals surface area contributed by atoms with E-state index < -0.39 is 5.60 Å². The Morgan fingerprint density at radius 1 is 1.47 bits per heavy atom. The molecule has 2 aromatic rings. The molecule has 3 rings (SSSR count). The van der Waals surface area contributed by atoms with Crippen molar-refractivity contribution in [2.24, 2.45) is 0 Å². The van der Waals surface area contributed by atoms with Gasteiger partial charge in [-0.3, -0.25) is 0 Å². The summed E-state index contributed by atoms with van der Waals surface area (Å²) in [7, 11) is 0. The third-order valence-corrected chi connectivity index (χ3v) is 3.56. The molecule has 78 valence electrons. The van der Waals surface area contributed by atoms with Crippen LogP contribution in [0.15, 0.2) is 27.4 Å². The lowest BCUT2D eigenvalue weighted by Crippen LogP contribution is -2.10. The predicted molar refractivity (Wildman–Crippen MR) is 58.2 cm³/mol. The van der Waals surface area contributed by atoms with Crippen molar-refractivity contribution in [1.29, 1.82) is 0 Å². The van der Waals surface area contributed by atoms with Gasteiger partial charge in [-0.1, -0.05) is 17.4 Å². The SMILES string of the molecule is O=c1oc2cc(CC3(O)CC3)ccc2s1. The van der Waals surface area contributed by atoms with Crippen LogP contribution in [0.5, 0.6) is 0 Å². The Morgan fingerprint density at radius 2 is 2.27 bits per heavy atom. The molecule has 4 heteroatoms. The number of aliphatic hydroxyl groups is 1. The maximum absolute atomic E-state index is 11.0. The average Bonchev–Trinajstić information content (AvgIpc) is 2.76. The summed E-state index contributed by atoms with van der Waals surface area (Å²) in [5.74, 6) is 0. The molecule has 0 saturated heterocycles. The van der Waals surface area contributed by atoms with Crippen molar-refractivity contribution in [1.82, 2.24) is 0 Å². The number of benzene rings is 1. The van der Waals surface area contributed by atoms with E-state index in [1.54, 1.807) is 0 Å². The first kappa shape index (κ1) is 9.12. The minimum absolute atomic E-state index is 0.271. The molecule has 0 radical (unpaired) electrons. The molecule has 1 aliphatic rings. The minimum atomic E-state index is -0.496. The fourth-order valence-corrected chi connectivity index (χ4v) is 2.38. The highest BCUT2D eigenvalue weighted by molar-refractivity contribution is 7.16. The maximum Gasteiger partial charge on any atom is 0.396 e. The number of fused-ring (bicyclic) bond motifs is 1. The molecule has 1 N–H and O–H groups in total. The van der Waals surface area contributed by atoms with Crippen molar-refractivity contribution in [3.63, 3.8) is 0 Å². The van der Waals surface area contributed by atoms with Gasteiger partial charge in [0.05, 0.1) is 10.3 Å². The van der Waals surface area contributed by atoms with Crippen molar-refractivity contribution >= 4 is 21.6 Å². The van der Waals surface area contributed by atoms with Crippen molar-refractivity contribution in [3.05, 3.63) is 33.5 Å². The van der Waals surface area contributed by atoms with E-state index in [4.69, 9.17) is 4.42 Å². The standard InChI is InChI=1S/C11H10O3S/c12-10-14-8-5-7(1-2-9(8)15-10)6-11(13)3-4-11/h1-2,5,13H,3-4,6H2. The molecular formula is C11H10O3S. The van der Waals surface area contributed by atoms with Gasteiger partial charge in [-0.2, -0.15) is 0 Å². The van der Waals surface area contributed by atoms with Crippen LogP contribution in [0.4, 0.5) is 0 Å². The summed E-state index contributed by atoms with van der Waals surface area (Å²) in [4.78, 5) is 10.7. The Balaban J connectivity index is 2.01. The molecule has 1 saturated carbocycles. The summed E-state index contributed by atoms with van der Waals surface area (Å²) in [6.45, 7) is 0. The lowest BCUT2D eigenvalue weighted by atomic mass is 10.1. The molecule has 1 heterocycles. The third-order valence-electron chi connectivity index (χ3n) is 2.76. The molecule has 1 aromatic heterocycles. The normalized spacial score (nSPS) is 18.2. The van der Waals surface area contributed by atoms with E-state index in [-0.39, 0.29) is 4.94 Å². The Labute approximate surface area is 90.0 Å². The number of hydrogen-bond donors (Lipinski definition) is 1. The first-order valence-electron chi connectivity index (χ1n) is 4.90.